The van der Waals surface area contributed by atoms with Crippen LogP contribution in [0, 0.1) is 17.5 Å². The molecule has 0 unspecified atom stereocenters. The molecule has 0 N–H and O–H groups in total. The van der Waals surface area contributed by atoms with Gasteiger partial charge in [-0.1, -0.05) is 71.2 Å². The van der Waals surface area contributed by atoms with Crippen molar-refractivity contribution >= 4 is 11.3 Å². The molecule has 2 aromatic rings. The van der Waals surface area contributed by atoms with Crippen molar-refractivity contribution in [1.29, 1.82) is 0 Å². The van der Waals surface area contributed by atoms with E-state index in [1.165, 1.54) is 30.7 Å². The summed E-state index contributed by atoms with van der Waals surface area (Å²) in [5.41, 5.74) is 3.17. The molecule has 184 valence electrons. The largest absolute Gasteiger partial charge is 0.288 e. The molecule has 0 amide bonds. The quantitative estimate of drug-likeness (QED) is 0.227. The normalized spacial score (nSPS) is 9.94. The van der Waals surface area contributed by atoms with E-state index in [-0.39, 0.29) is 5.82 Å². The summed E-state index contributed by atoms with van der Waals surface area (Å²) in [5.74, 6) is -1.37. The number of hydrogen-bond donors (Lipinski definition) is 0. The van der Waals surface area contributed by atoms with E-state index in [4.69, 9.17) is 0 Å². The van der Waals surface area contributed by atoms with E-state index in [0.29, 0.717) is 23.1 Å². The van der Waals surface area contributed by atoms with Gasteiger partial charge in [0.2, 0.25) is 0 Å². The summed E-state index contributed by atoms with van der Waals surface area (Å²) in [6.45, 7) is 22.1. The maximum atomic E-state index is 13.4. The SMILES string of the molecule is C=C/C=C\C(=NC)c1ccc(F)cc1.C=CC.C=CC(=C)c1c(F)cc(F)cc1CC.CCC. The Labute approximate surface area is 204 Å². The minimum atomic E-state index is -0.577. The van der Waals surface area contributed by atoms with Gasteiger partial charge in [0.25, 0.3) is 0 Å². The lowest BCUT2D eigenvalue weighted by molar-refractivity contribution is 0.577. The fraction of sp³-hybridized carbons (Fsp3) is 0.233. The van der Waals surface area contributed by atoms with Crippen molar-refractivity contribution in [3.8, 4) is 0 Å². The van der Waals surface area contributed by atoms with Gasteiger partial charge in [-0.15, -0.1) is 6.58 Å². The van der Waals surface area contributed by atoms with Crippen molar-refractivity contribution in [2.75, 3.05) is 7.05 Å². The van der Waals surface area contributed by atoms with Crippen molar-refractivity contribution in [1.82, 2.24) is 0 Å². The molecular weight excluding hydrogens is 431 g/mol. The number of aryl methyl sites for hydroxylation is 1. The van der Waals surface area contributed by atoms with Gasteiger partial charge in [0.1, 0.15) is 17.5 Å². The molecule has 0 aliphatic heterocycles. The van der Waals surface area contributed by atoms with Crippen LogP contribution in [0.5, 0.6) is 0 Å². The Balaban J connectivity index is 0. The number of aliphatic imine (C=N–C) groups is 1. The van der Waals surface area contributed by atoms with E-state index in [1.54, 1.807) is 37.4 Å². The number of allylic oxidation sites excluding steroid dienone is 6. The molecule has 4 heteroatoms. The topological polar surface area (TPSA) is 12.4 Å². The van der Waals surface area contributed by atoms with Crippen molar-refractivity contribution in [2.45, 2.75) is 40.5 Å². The third-order valence-electron chi connectivity index (χ3n) is 3.86. The highest BCUT2D eigenvalue weighted by molar-refractivity contribution is 6.08. The molecule has 0 aromatic heterocycles. The van der Waals surface area contributed by atoms with Gasteiger partial charge in [-0.3, -0.25) is 4.99 Å². The Hall–Kier alpha value is -3.40. The monoisotopic (exact) mass is 469 g/mol. The average Bonchev–Trinajstić information content (AvgIpc) is 2.81. The second kappa shape index (κ2) is 20.2. The minimum absolute atomic E-state index is 0.239. The van der Waals surface area contributed by atoms with Crippen molar-refractivity contribution < 1.29 is 13.2 Å². The van der Waals surface area contributed by atoms with Crippen LogP contribution in [0.25, 0.3) is 5.57 Å². The van der Waals surface area contributed by atoms with Crippen LogP contribution in [-0.2, 0) is 6.42 Å². The first kappa shape index (κ1) is 32.8. The lowest BCUT2D eigenvalue weighted by Gasteiger charge is -2.09. The summed E-state index contributed by atoms with van der Waals surface area (Å²) in [6.07, 6.45) is 10.3. The Morgan fingerprint density at radius 2 is 1.47 bits per heavy atom. The highest BCUT2D eigenvalue weighted by Crippen LogP contribution is 2.24. The van der Waals surface area contributed by atoms with Gasteiger partial charge in [-0.2, -0.15) is 0 Å². The van der Waals surface area contributed by atoms with E-state index >= 15 is 0 Å². The van der Waals surface area contributed by atoms with Crippen LogP contribution in [0.2, 0.25) is 0 Å². The summed E-state index contributed by atoms with van der Waals surface area (Å²) >= 11 is 0. The first-order valence-electron chi connectivity index (χ1n) is 11.1. The molecular formula is C30H38F3N. The van der Waals surface area contributed by atoms with Gasteiger partial charge in [0, 0.05) is 18.7 Å². The van der Waals surface area contributed by atoms with E-state index in [0.717, 1.165) is 17.3 Å². The van der Waals surface area contributed by atoms with E-state index in [2.05, 4.69) is 45.2 Å². The minimum Gasteiger partial charge on any atom is -0.288 e. The zero-order chi connectivity index (χ0) is 26.5. The molecule has 0 aliphatic carbocycles. The van der Waals surface area contributed by atoms with E-state index < -0.39 is 11.6 Å². The number of rotatable bonds is 6. The number of halogens is 3. The molecule has 0 spiro atoms. The fourth-order valence-corrected chi connectivity index (χ4v) is 2.45. The maximum Gasteiger partial charge on any atom is 0.134 e. The van der Waals surface area contributed by atoms with Crippen molar-refractivity contribution in [3.63, 3.8) is 0 Å². The number of nitrogens with zero attached hydrogens (tertiary/aromatic N) is 1. The van der Waals surface area contributed by atoms with Crippen molar-refractivity contribution in [2.24, 2.45) is 4.99 Å². The molecule has 0 radical (unpaired) electrons. The molecule has 0 bridgehead atoms. The Bertz CT molecular complexity index is 952. The third-order valence-corrected chi connectivity index (χ3v) is 3.86. The molecule has 0 atom stereocenters. The molecule has 0 heterocycles. The zero-order valence-corrected chi connectivity index (χ0v) is 21.2. The van der Waals surface area contributed by atoms with Gasteiger partial charge >= 0.3 is 0 Å². The maximum absolute atomic E-state index is 13.4. The highest BCUT2D eigenvalue weighted by Gasteiger charge is 2.11. The molecule has 1 nitrogen and oxygen atoms in total. The second-order valence-corrected chi connectivity index (χ2v) is 6.83. The van der Waals surface area contributed by atoms with Crippen LogP contribution in [-0.4, -0.2) is 12.8 Å². The lowest BCUT2D eigenvalue weighted by Crippen LogP contribution is -1.96. The van der Waals surface area contributed by atoms with E-state index in [1.807, 2.05) is 19.9 Å². The molecule has 2 rings (SSSR count). The smallest absolute Gasteiger partial charge is 0.134 e. The standard InChI is InChI=1S/C12H12F2.C12H12FN.C3H8.C3H6/c1-4-8(3)12-9(5-2)6-10(13)7-11(12)14;1-3-4-5-12(14-2)10-6-8-11(13)9-7-10;2*1-3-2/h4,6-7H,1,3,5H2,2H3;3-9H,1H2,2H3;3H2,1-2H3;3H,1H2,2H3/b;5-4-,14-12?;;. The Kier molecular flexibility index (Phi) is 19.5. The van der Waals surface area contributed by atoms with Gasteiger partial charge in [-0.05, 0) is 66.5 Å². The summed E-state index contributed by atoms with van der Waals surface area (Å²) in [5, 5.41) is 0. The fourth-order valence-electron chi connectivity index (χ4n) is 2.45. The van der Waals surface area contributed by atoms with Gasteiger partial charge in [0.15, 0.2) is 0 Å². The van der Waals surface area contributed by atoms with Crippen LogP contribution < -0.4 is 0 Å². The van der Waals surface area contributed by atoms with Crippen LogP contribution in [0.4, 0.5) is 13.2 Å². The average molecular weight is 470 g/mol. The van der Waals surface area contributed by atoms with Gasteiger partial charge in [-0.25, -0.2) is 13.2 Å². The highest BCUT2D eigenvalue weighted by atomic mass is 19.1. The van der Waals surface area contributed by atoms with Crippen LogP contribution in [0.15, 0.2) is 98.1 Å². The number of hydrogen-bond acceptors (Lipinski definition) is 1. The van der Waals surface area contributed by atoms with Gasteiger partial charge in [0.05, 0.1) is 5.71 Å². The third kappa shape index (κ3) is 13.2. The van der Waals surface area contributed by atoms with Gasteiger partial charge < -0.3 is 0 Å². The summed E-state index contributed by atoms with van der Waals surface area (Å²) in [6, 6.07) is 8.43. The Morgan fingerprint density at radius 3 is 1.88 bits per heavy atom. The first-order chi connectivity index (χ1) is 16.2. The predicted molar refractivity (Wildman–Crippen MR) is 145 cm³/mol. The molecule has 0 saturated heterocycles. The molecule has 0 aliphatic rings. The predicted octanol–water partition coefficient (Wildman–Crippen LogP) is 9.32. The van der Waals surface area contributed by atoms with Crippen molar-refractivity contribution in [3.05, 3.63) is 127 Å². The van der Waals surface area contributed by atoms with Crippen LogP contribution in [0.1, 0.15) is 50.8 Å². The second-order valence-electron chi connectivity index (χ2n) is 6.83. The molecule has 34 heavy (non-hydrogen) atoms. The zero-order valence-electron chi connectivity index (χ0n) is 21.2. The lowest BCUT2D eigenvalue weighted by atomic mass is 9.98. The van der Waals surface area contributed by atoms with Crippen LogP contribution in [0.3, 0.4) is 0 Å². The summed E-state index contributed by atoms with van der Waals surface area (Å²) < 4.78 is 38.9. The molecule has 0 saturated carbocycles. The first-order valence-corrected chi connectivity index (χ1v) is 11.1. The number of benzene rings is 2. The molecule has 0 fully saturated rings. The van der Waals surface area contributed by atoms with E-state index in [9.17, 15) is 13.2 Å². The Morgan fingerprint density at radius 1 is 0.941 bits per heavy atom. The molecule has 2 aromatic carbocycles. The van der Waals surface area contributed by atoms with Crippen LogP contribution >= 0.6 is 0 Å². The summed E-state index contributed by atoms with van der Waals surface area (Å²) in [7, 11) is 1.70. The summed E-state index contributed by atoms with van der Waals surface area (Å²) in [4.78, 5) is 4.09.